The van der Waals surface area contributed by atoms with E-state index in [0.717, 1.165) is 32.3 Å². The van der Waals surface area contributed by atoms with Crippen LogP contribution in [-0.2, 0) is 9.47 Å². The fourth-order valence-electron chi connectivity index (χ4n) is 2.13. The molecule has 1 fully saturated rings. The quantitative estimate of drug-likeness (QED) is 0.581. The third-order valence-electron chi connectivity index (χ3n) is 3.53. The van der Waals surface area contributed by atoms with Crippen molar-refractivity contribution in [3.63, 3.8) is 0 Å². The summed E-state index contributed by atoms with van der Waals surface area (Å²) in [5.41, 5.74) is 5.83. The second-order valence-electron chi connectivity index (χ2n) is 5.23. The van der Waals surface area contributed by atoms with Crippen molar-refractivity contribution in [1.82, 2.24) is 4.90 Å². The molecule has 4 heteroatoms. The van der Waals surface area contributed by atoms with Gasteiger partial charge in [-0.05, 0) is 31.7 Å². The third-order valence-corrected chi connectivity index (χ3v) is 3.53. The van der Waals surface area contributed by atoms with Crippen molar-refractivity contribution in [1.29, 1.82) is 0 Å². The highest BCUT2D eigenvalue weighted by Crippen LogP contribution is 2.28. The van der Waals surface area contributed by atoms with Crippen LogP contribution in [-0.4, -0.2) is 58.0 Å². The molecule has 0 amide bonds. The lowest BCUT2D eigenvalue weighted by Gasteiger charge is -2.31. The van der Waals surface area contributed by atoms with Gasteiger partial charge in [0.2, 0.25) is 0 Å². The summed E-state index contributed by atoms with van der Waals surface area (Å²) in [5.74, 6) is 1.30. The van der Waals surface area contributed by atoms with E-state index >= 15 is 0 Å². The van der Waals surface area contributed by atoms with Gasteiger partial charge in [0.15, 0.2) is 0 Å². The molecule has 2 atom stereocenters. The summed E-state index contributed by atoms with van der Waals surface area (Å²) in [7, 11) is 3.85. The number of likely N-dealkylation sites (N-methyl/N-ethyl adjacent to an activating group) is 1. The summed E-state index contributed by atoms with van der Waals surface area (Å²) >= 11 is 0. The van der Waals surface area contributed by atoms with Gasteiger partial charge in [0.1, 0.15) is 0 Å². The van der Waals surface area contributed by atoms with Crippen LogP contribution in [0.15, 0.2) is 0 Å². The second-order valence-corrected chi connectivity index (χ2v) is 5.23. The fraction of sp³-hybridized carbons (Fsp3) is 1.00. The normalized spacial score (nSPS) is 19.6. The number of methoxy groups -OCH3 is 1. The summed E-state index contributed by atoms with van der Waals surface area (Å²) < 4.78 is 10.8. The van der Waals surface area contributed by atoms with Gasteiger partial charge in [-0.3, -0.25) is 4.90 Å². The maximum atomic E-state index is 5.83. The van der Waals surface area contributed by atoms with Crippen molar-refractivity contribution in [2.75, 3.05) is 47.1 Å². The Kier molecular flexibility index (Phi) is 7.04. The van der Waals surface area contributed by atoms with Crippen LogP contribution in [0.3, 0.4) is 0 Å². The Morgan fingerprint density at radius 3 is 2.65 bits per heavy atom. The van der Waals surface area contributed by atoms with Crippen molar-refractivity contribution < 1.29 is 9.47 Å². The predicted octanol–water partition coefficient (Wildman–Crippen LogP) is 0.955. The topological polar surface area (TPSA) is 47.7 Å². The molecule has 1 saturated carbocycles. The highest BCUT2D eigenvalue weighted by Gasteiger charge is 2.22. The van der Waals surface area contributed by atoms with E-state index in [9.17, 15) is 0 Å². The molecule has 1 aliphatic carbocycles. The van der Waals surface area contributed by atoms with Gasteiger partial charge in [0.25, 0.3) is 0 Å². The van der Waals surface area contributed by atoms with E-state index in [-0.39, 0.29) is 0 Å². The maximum absolute atomic E-state index is 5.83. The van der Waals surface area contributed by atoms with Gasteiger partial charge in [-0.15, -0.1) is 0 Å². The number of nitrogens with zero attached hydrogens (tertiary/aromatic N) is 1. The molecule has 0 bridgehead atoms. The lowest BCUT2D eigenvalue weighted by molar-refractivity contribution is 0.0632. The first kappa shape index (κ1) is 14.9. The standard InChI is InChI=1S/C13H28N2O2/c1-11(9-16-3)13(8-14)15(2)6-7-17-10-12-4-5-12/h11-13H,4-10,14H2,1-3H3. The van der Waals surface area contributed by atoms with E-state index in [1.165, 1.54) is 12.8 Å². The maximum Gasteiger partial charge on any atom is 0.0593 e. The van der Waals surface area contributed by atoms with E-state index in [0.29, 0.717) is 18.5 Å². The van der Waals surface area contributed by atoms with E-state index < -0.39 is 0 Å². The van der Waals surface area contributed by atoms with Crippen LogP contribution >= 0.6 is 0 Å². The zero-order valence-electron chi connectivity index (χ0n) is 11.5. The van der Waals surface area contributed by atoms with Crippen LogP contribution in [0.5, 0.6) is 0 Å². The Morgan fingerprint density at radius 2 is 2.12 bits per heavy atom. The molecule has 0 aliphatic heterocycles. The highest BCUT2D eigenvalue weighted by molar-refractivity contribution is 4.76. The Bertz CT molecular complexity index is 198. The van der Waals surface area contributed by atoms with Crippen LogP contribution in [0.25, 0.3) is 0 Å². The summed E-state index contributed by atoms with van der Waals surface area (Å²) in [5, 5.41) is 0. The van der Waals surface area contributed by atoms with Crippen molar-refractivity contribution in [2.45, 2.75) is 25.8 Å². The third kappa shape index (κ3) is 5.82. The molecule has 0 aromatic rings. The van der Waals surface area contributed by atoms with Gasteiger partial charge >= 0.3 is 0 Å². The average Bonchev–Trinajstić information content (AvgIpc) is 3.09. The molecule has 0 aromatic heterocycles. The number of rotatable bonds is 10. The van der Waals surface area contributed by atoms with Crippen LogP contribution in [0.4, 0.5) is 0 Å². The summed E-state index contributed by atoms with van der Waals surface area (Å²) in [6.45, 7) is 6.31. The number of hydrogen-bond donors (Lipinski definition) is 1. The van der Waals surface area contributed by atoms with E-state index in [2.05, 4.69) is 18.9 Å². The van der Waals surface area contributed by atoms with Crippen LogP contribution < -0.4 is 5.73 Å². The van der Waals surface area contributed by atoms with Crippen molar-refractivity contribution in [3.05, 3.63) is 0 Å². The first-order valence-corrected chi connectivity index (χ1v) is 6.66. The second kappa shape index (κ2) is 8.03. The minimum absolute atomic E-state index is 0.375. The van der Waals surface area contributed by atoms with Crippen molar-refractivity contribution in [2.24, 2.45) is 17.6 Å². The Balaban J connectivity index is 2.14. The molecule has 0 aromatic carbocycles. The lowest BCUT2D eigenvalue weighted by atomic mass is 10.0. The Hall–Kier alpha value is -0.160. The molecule has 4 nitrogen and oxygen atoms in total. The molecule has 17 heavy (non-hydrogen) atoms. The van der Waals surface area contributed by atoms with Crippen LogP contribution in [0.2, 0.25) is 0 Å². The van der Waals surface area contributed by atoms with Gasteiger partial charge in [-0.25, -0.2) is 0 Å². The van der Waals surface area contributed by atoms with Gasteiger partial charge in [0.05, 0.1) is 13.2 Å². The van der Waals surface area contributed by atoms with Crippen LogP contribution in [0.1, 0.15) is 19.8 Å². The molecule has 102 valence electrons. The Labute approximate surface area is 105 Å². The molecule has 0 radical (unpaired) electrons. The average molecular weight is 244 g/mol. The van der Waals surface area contributed by atoms with Gasteiger partial charge in [-0.2, -0.15) is 0 Å². The predicted molar refractivity (Wildman–Crippen MR) is 70.1 cm³/mol. The lowest BCUT2D eigenvalue weighted by Crippen LogP contribution is -2.45. The smallest absolute Gasteiger partial charge is 0.0593 e. The first-order valence-electron chi connectivity index (χ1n) is 6.66. The van der Waals surface area contributed by atoms with E-state index in [1.54, 1.807) is 7.11 Å². The SMILES string of the molecule is COCC(C)C(CN)N(C)CCOCC1CC1. The van der Waals surface area contributed by atoms with Crippen molar-refractivity contribution >= 4 is 0 Å². The van der Waals surface area contributed by atoms with Crippen molar-refractivity contribution in [3.8, 4) is 0 Å². The minimum atomic E-state index is 0.375. The molecule has 0 saturated heterocycles. The number of hydrogen-bond acceptors (Lipinski definition) is 4. The number of nitrogens with two attached hydrogens (primary N) is 1. The molecule has 0 heterocycles. The highest BCUT2D eigenvalue weighted by atomic mass is 16.5. The monoisotopic (exact) mass is 244 g/mol. The molecular weight excluding hydrogens is 216 g/mol. The zero-order valence-corrected chi connectivity index (χ0v) is 11.5. The van der Waals surface area contributed by atoms with E-state index in [4.69, 9.17) is 15.2 Å². The largest absolute Gasteiger partial charge is 0.384 e. The Morgan fingerprint density at radius 1 is 1.41 bits per heavy atom. The molecule has 2 unspecified atom stereocenters. The van der Waals surface area contributed by atoms with Gasteiger partial charge in [0, 0.05) is 32.8 Å². The van der Waals surface area contributed by atoms with Gasteiger partial charge < -0.3 is 15.2 Å². The molecule has 1 rings (SSSR count). The summed E-state index contributed by atoms with van der Waals surface area (Å²) in [6, 6.07) is 0.375. The molecule has 2 N–H and O–H groups in total. The summed E-state index contributed by atoms with van der Waals surface area (Å²) in [4.78, 5) is 2.29. The molecular formula is C13H28N2O2. The summed E-state index contributed by atoms with van der Waals surface area (Å²) in [6.07, 6.45) is 2.71. The zero-order chi connectivity index (χ0) is 12.7. The van der Waals surface area contributed by atoms with Crippen LogP contribution in [0, 0.1) is 11.8 Å². The first-order chi connectivity index (χ1) is 8.19. The fourth-order valence-corrected chi connectivity index (χ4v) is 2.13. The van der Waals surface area contributed by atoms with E-state index in [1.807, 2.05) is 0 Å². The minimum Gasteiger partial charge on any atom is -0.384 e. The molecule has 1 aliphatic rings. The molecule has 0 spiro atoms. The number of ether oxygens (including phenoxy) is 2. The van der Waals surface area contributed by atoms with Gasteiger partial charge in [-0.1, -0.05) is 6.92 Å².